The minimum Gasteiger partial charge on any atom is -0.480 e. The van der Waals surface area contributed by atoms with Crippen LogP contribution >= 0.6 is 0 Å². The number of hydrogen-bond acceptors (Lipinski definition) is 4. The molecule has 0 aliphatic rings. The van der Waals surface area contributed by atoms with Gasteiger partial charge in [-0.15, -0.1) is 0 Å². The van der Waals surface area contributed by atoms with Crippen LogP contribution in [-0.2, 0) is 11.2 Å². The van der Waals surface area contributed by atoms with Crippen LogP contribution in [0.2, 0.25) is 0 Å². The Kier molecular flexibility index (Phi) is 13.3. The van der Waals surface area contributed by atoms with E-state index in [1.807, 2.05) is 0 Å². The normalized spacial score (nSPS) is 12.2. The van der Waals surface area contributed by atoms with Crippen molar-refractivity contribution in [2.24, 2.45) is 5.73 Å². The number of imidazole rings is 1. The lowest BCUT2D eigenvalue weighted by Crippen LogP contribution is -2.32. The van der Waals surface area contributed by atoms with Crippen molar-refractivity contribution < 1.29 is 14.7 Å². The van der Waals surface area contributed by atoms with Crippen LogP contribution in [0.15, 0.2) is 6.20 Å². The van der Waals surface area contributed by atoms with E-state index in [1.54, 1.807) is 0 Å². The molecule has 1 heterocycles. The quantitative estimate of drug-likeness (QED) is 0.239. The third kappa shape index (κ3) is 11.2. The summed E-state index contributed by atoms with van der Waals surface area (Å²) in [6.07, 6.45) is 18.7. The van der Waals surface area contributed by atoms with Crippen LogP contribution in [0, 0.1) is 0 Å². The predicted molar refractivity (Wildman–Crippen MR) is 113 cm³/mol. The van der Waals surface area contributed by atoms with Gasteiger partial charge in [0.2, 0.25) is 0 Å². The van der Waals surface area contributed by atoms with Crippen LogP contribution in [-0.4, -0.2) is 32.9 Å². The summed E-state index contributed by atoms with van der Waals surface area (Å²) in [5.41, 5.74) is 6.08. The summed E-state index contributed by atoms with van der Waals surface area (Å²) < 4.78 is 0. The highest BCUT2D eigenvalue weighted by Crippen LogP contribution is 2.13. The Labute approximate surface area is 169 Å². The Balaban J connectivity index is 1.99. The molecule has 0 fully saturated rings. The summed E-state index contributed by atoms with van der Waals surface area (Å²) >= 11 is 0. The summed E-state index contributed by atoms with van der Waals surface area (Å²) in [5.74, 6) is -0.765. The van der Waals surface area contributed by atoms with E-state index in [2.05, 4.69) is 16.9 Å². The molecule has 1 unspecified atom stereocenters. The molecule has 160 valence electrons. The molecule has 6 heteroatoms. The average Bonchev–Trinajstić information content (AvgIpc) is 3.13. The Morgan fingerprint density at radius 1 is 0.964 bits per heavy atom. The highest BCUT2D eigenvalue weighted by Gasteiger charge is 2.15. The van der Waals surface area contributed by atoms with Gasteiger partial charge in [-0.1, -0.05) is 84.0 Å². The van der Waals surface area contributed by atoms with Crippen molar-refractivity contribution in [3.63, 3.8) is 0 Å². The van der Waals surface area contributed by atoms with Gasteiger partial charge < -0.3 is 15.8 Å². The number of carboxylic acid groups (broad SMARTS) is 1. The van der Waals surface area contributed by atoms with Crippen molar-refractivity contribution >= 4 is 11.8 Å². The first kappa shape index (κ1) is 24.3. The number of carbonyl (C=O) groups excluding carboxylic acids is 1. The number of nitrogens with one attached hydrogen (secondary N) is 1. The molecule has 0 saturated heterocycles. The number of aliphatic carboxylic acids is 1. The molecule has 1 aromatic rings. The number of rotatable bonds is 18. The molecule has 0 amide bonds. The van der Waals surface area contributed by atoms with E-state index >= 15 is 0 Å². The van der Waals surface area contributed by atoms with Crippen LogP contribution in [0.25, 0.3) is 0 Å². The van der Waals surface area contributed by atoms with Gasteiger partial charge in [-0.05, 0) is 6.42 Å². The molecular weight excluding hydrogens is 354 g/mol. The zero-order valence-electron chi connectivity index (χ0n) is 17.5. The number of hydrogen-bond donors (Lipinski definition) is 3. The average molecular weight is 394 g/mol. The largest absolute Gasteiger partial charge is 0.480 e. The topological polar surface area (TPSA) is 109 Å². The van der Waals surface area contributed by atoms with Gasteiger partial charge in [0, 0.05) is 24.7 Å². The molecule has 6 nitrogen and oxygen atoms in total. The highest BCUT2D eigenvalue weighted by atomic mass is 16.4. The molecule has 1 aromatic heterocycles. The van der Waals surface area contributed by atoms with E-state index in [1.165, 1.54) is 76.8 Å². The number of nitrogens with zero attached hydrogens (tertiary/aromatic N) is 1. The van der Waals surface area contributed by atoms with Crippen molar-refractivity contribution in [3.8, 4) is 0 Å². The fourth-order valence-electron chi connectivity index (χ4n) is 3.35. The number of carboxylic acids is 1. The lowest BCUT2D eigenvalue weighted by Gasteiger charge is -2.03. The lowest BCUT2D eigenvalue weighted by molar-refractivity contribution is -0.138. The number of aromatic amines is 1. The van der Waals surface area contributed by atoms with Gasteiger partial charge in [0.15, 0.2) is 11.6 Å². The van der Waals surface area contributed by atoms with Crippen LogP contribution in [0.5, 0.6) is 0 Å². The van der Waals surface area contributed by atoms with Gasteiger partial charge in [-0.3, -0.25) is 9.59 Å². The summed E-state index contributed by atoms with van der Waals surface area (Å²) in [6.45, 7) is 2.25. The molecule has 4 N–H and O–H groups in total. The zero-order valence-corrected chi connectivity index (χ0v) is 17.5. The minimum atomic E-state index is -1.06. The molecule has 1 atom stereocenters. The Hall–Kier alpha value is -1.69. The standard InChI is InChI=1S/C22H39N3O3/c1-2-3-4-5-6-7-8-9-10-11-12-13-14-15-20(26)21-24-17-18(25-21)16-19(23)22(27)28/h17,19H,2-16,23H2,1H3,(H,24,25)(H,27,28). The van der Waals surface area contributed by atoms with Gasteiger partial charge in [-0.25, -0.2) is 4.98 Å². The number of ketones is 1. The second-order valence-electron chi connectivity index (χ2n) is 7.82. The second-order valence-corrected chi connectivity index (χ2v) is 7.82. The van der Waals surface area contributed by atoms with Crippen LogP contribution in [0.3, 0.4) is 0 Å². The Morgan fingerprint density at radius 2 is 1.46 bits per heavy atom. The monoisotopic (exact) mass is 393 g/mol. The van der Waals surface area contributed by atoms with Crippen molar-refractivity contribution in [2.45, 2.75) is 109 Å². The van der Waals surface area contributed by atoms with Crippen molar-refractivity contribution in [2.75, 3.05) is 0 Å². The van der Waals surface area contributed by atoms with E-state index in [-0.39, 0.29) is 12.2 Å². The maximum Gasteiger partial charge on any atom is 0.320 e. The predicted octanol–water partition coefficient (Wildman–Crippen LogP) is 5.03. The highest BCUT2D eigenvalue weighted by molar-refractivity contribution is 5.92. The van der Waals surface area contributed by atoms with E-state index in [0.29, 0.717) is 17.9 Å². The molecular formula is C22H39N3O3. The number of H-pyrrole nitrogens is 1. The van der Waals surface area contributed by atoms with Crippen molar-refractivity contribution in [1.82, 2.24) is 9.97 Å². The minimum absolute atomic E-state index is 0.0155. The summed E-state index contributed by atoms with van der Waals surface area (Å²) in [4.78, 5) is 29.9. The third-order valence-corrected chi connectivity index (χ3v) is 5.16. The summed E-state index contributed by atoms with van der Waals surface area (Å²) in [5, 5.41) is 8.82. The molecule has 0 aliphatic carbocycles. The number of Topliss-reactive ketones (excluding diaryl/α,β-unsaturated/α-hetero) is 1. The Bertz CT molecular complexity index is 557. The molecule has 0 aromatic carbocycles. The molecule has 0 bridgehead atoms. The van der Waals surface area contributed by atoms with E-state index in [0.717, 1.165) is 12.8 Å². The number of unbranched alkanes of at least 4 members (excludes halogenated alkanes) is 12. The third-order valence-electron chi connectivity index (χ3n) is 5.16. The molecule has 0 spiro atoms. The van der Waals surface area contributed by atoms with Crippen LogP contribution in [0.1, 0.15) is 113 Å². The maximum absolute atomic E-state index is 12.1. The summed E-state index contributed by atoms with van der Waals surface area (Å²) in [6, 6.07) is -0.982. The first-order valence-corrected chi connectivity index (χ1v) is 11.1. The number of nitrogens with two attached hydrogens (primary N) is 1. The lowest BCUT2D eigenvalue weighted by atomic mass is 10.0. The SMILES string of the molecule is CCCCCCCCCCCCCCCC(=O)c1ncc(CC(N)C(=O)O)[nH]1. The smallest absolute Gasteiger partial charge is 0.320 e. The van der Waals surface area contributed by atoms with E-state index < -0.39 is 12.0 Å². The first-order valence-electron chi connectivity index (χ1n) is 11.1. The van der Waals surface area contributed by atoms with Gasteiger partial charge in [0.1, 0.15) is 6.04 Å². The molecule has 0 radical (unpaired) electrons. The van der Waals surface area contributed by atoms with Gasteiger partial charge in [0.05, 0.1) is 0 Å². The molecule has 1 rings (SSSR count). The van der Waals surface area contributed by atoms with E-state index in [9.17, 15) is 9.59 Å². The fourth-order valence-corrected chi connectivity index (χ4v) is 3.35. The van der Waals surface area contributed by atoms with Crippen LogP contribution in [0.4, 0.5) is 0 Å². The maximum atomic E-state index is 12.1. The molecule has 28 heavy (non-hydrogen) atoms. The van der Waals surface area contributed by atoms with Crippen molar-refractivity contribution in [1.29, 1.82) is 0 Å². The van der Waals surface area contributed by atoms with Gasteiger partial charge in [0.25, 0.3) is 0 Å². The molecule has 0 aliphatic heterocycles. The zero-order chi connectivity index (χ0) is 20.6. The van der Waals surface area contributed by atoms with Gasteiger partial charge >= 0.3 is 5.97 Å². The van der Waals surface area contributed by atoms with E-state index in [4.69, 9.17) is 10.8 Å². The number of aromatic nitrogens is 2. The first-order chi connectivity index (χ1) is 13.5. The summed E-state index contributed by atoms with van der Waals surface area (Å²) in [7, 11) is 0. The van der Waals surface area contributed by atoms with Crippen LogP contribution < -0.4 is 5.73 Å². The van der Waals surface area contributed by atoms with Gasteiger partial charge in [-0.2, -0.15) is 0 Å². The number of carbonyl (C=O) groups is 2. The Morgan fingerprint density at radius 3 is 1.96 bits per heavy atom. The fraction of sp³-hybridized carbons (Fsp3) is 0.773. The molecule has 0 saturated carbocycles. The van der Waals surface area contributed by atoms with Crippen molar-refractivity contribution in [3.05, 3.63) is 17.7 Å². The second kappa shape index (κ2) is 15.3.